The van der Waals surface area contributed by atoms with Crippen molar-refractivity contribution in [3.8, 4) is 0 Å². The van der Waals surface area contributed by atoms with Crippen LogP contribution in [0.25, 0.3) is 0 Å². The Morgan fingerprint density at radius 2 is 1.94 bits per heavy atom. The lowest BCUT2D eigenvalue weighted by Gasteiger charge is -2.09. The molecular formula is C21H18N4O6S2. The highest BCUT2D eigenvalue weighted by Crippen LogP contribution is 2.34. The number of amides is 3. The molecule has 2 N–H and O–H groups in total. The molecule has 3 aromatic rings. The van der Waals surface area contributed by atoms with Gasteiger partial charge in [-0.05, 0) is 18.6 Å². The quantitative estimate of drug-likeness (QED) is 0.279. The Kier molecular flexibility index (Phi) is 8.11. The van der Waals surface area contributed by atoms with Crippen LogP contribution in [-0.4, -0.2) is 34.4 Å². The van der Waals surface area contributed by atoms with Crippen molar-refractivity contribution in [1.29, 1.82) is 0 Å². The second-order valence-electron chi connectivity index (χ2n) is 6.59. The molecule has 3 rings (SSSR count). The minimum Gasteiger partial charge on any atom is -0.452 e. The summed E-state index contributed by atoms with van der Waals surface area (Å²) in [4.78, 5) is 51.6. The molecule has 10 nitrogen and oxygen atoms in total. The zero-order valence-corrected chi connectivity index (χ0v) is 18.9. The molecule has 3 amide bonds. The molecule has 0 fully saturated rings. The molecule has 0 aliphatic heterocycles. The number of non-ortho nitro benzene ring substituents is 1. The van der Waals surface area contributed by atoms with E-state index >= 15 is 0 Å². The lowest BCUT2D eigenvalue weighted by molar-refractivity contribution is -0.384. The first-order valence-corrected chi connectivity index (χ1v) is 11.2. The number of nitro benzene ring substituents is 1. The van der Waals surface area contributed by atoms with Gasteiger partial charge in [0.05, 0.1) is 10.5 Å². The van der Waals surface area contributed by atoms with E-state index in [4.69, 9.17) is 4.74 Å². The lowest BCUT2D eigenvalue weighted by atomic mass is 10.2. The molecule has 0 saturated heterocycles. The van der Waals surface area contributed by atoms with Crippen molar-refractivity contribution in [2.45, 2.75) is 22.7 Å². The Morgan fingerprint density at radius 1 is 1.18 bits per heavy atom. The van der Waals surface area contributed by atoms with Crippen molar-refractivity contribution in [2.75, 3.05) is 6.61 Å². The molecule has 0 aliphatic carbocycles. The zero-order valence-electron chi connectivity index (χ0n) is 17.3. The summed E-state index contributed by atoms with van der Waals surface area (Å²) in [5.74, 6) is -1.78. The van der Waals surface area contributed by atoms with Gasteiger partial charge in [0.15, 0.2) is 10.9 Å². The number of hydrogen-bond acceptors (Lipinski definition) is 9. The number of imide groups is 1. The topological polar surface area (TPSA) is 141 Å². The van der Waals surface area contributed by atoms with Gasteiger partial charge in [-0.2, -0.15) is 0 Å². The van der Waals surface area contributed by atoms with Crippen LogP contribution in [0.2, 0.25) is 0 Å². The van der Waals surface area contributed by atoms with Crippen molar-refractivity contribution >= 4 is 46.7 Å². The molecule has 170 valence electrons. The predicted octanol–water partition coefficient (Wildman–Crippen LogP) is 3.69. The lowest BCUT2D eigenvalue weighted by Crippen LogP contribution is -2.41. The maximum Gasteiger partial charge on any atom is 0.340 e. The first-order valence-electron chi connectivity index (χ1n) is 9.49. The van der Waals surface area contributed by atoms with Crippen LogP contribution in [0.15, 0.2) is 63.1 Å². The fraction of sp³-hybridized carbons (Fsp3) is 0.143. The van der Waals surface area contributed by atoms with E-state index < -0.39 is 29.4 Å². The number of carbonyl (C=O) groups is 3. The van der Waals surface area contributed by atoms with Crippen LogP contribution in [-0.2, 0) is 16.1 Å². The van der Waals surface area contributed by atoms with Crippen molar-refractivity contribution in [3.05, 3.63) is 80.8 Å². The van der Waals surface area contributed by atoms with Gasteiger partial charge in [-0.1, -0.05) is 42.1 Å². The third kappa shape index (κ3) is 7.12. The number of aromatic nitrogens is 1. The number of ether oxygens (including phenoxy) is 1. The van der Waals surface area contributed by atoms with Crippen LogP contribution in [0.3, 0.4) is 0 Å². The number of hydrogen-bond donors (Lipinski definition) is 2. The fourth-order valence-electron chi connectivity index (χ4n) is 2.55. The molecule has 0 atom stereocenters. The summed E-state index contributed by atoms with van der Waals surface area (Å²) in [5.41, 5.74) is 1.27. The Bertz CT molecular complexity index is 1180. The first-order chi connectivity index (χ1) is 15.8. The second-order valence-corrected chi connectivity index (χ2v) is 8.73. The van der Waals surface area contributed by atoms with Crippen LogP contribution < -0.4 is 10.6 Å². The SMILES string of the molecule is Cc1csc(Sc2ccc([N+](=O)[O-])cc2C(=O)OCC(=O)NC(=O)NCc2ccccc2)n1. The zero-order chi connectivity index (χ0) is 23.8. The number of nitro groups is 1. The van der Waals surface area contributed by atoms with E-state index in [-0.39, 0.29) is 17.8 Å². The molecule has 0 spiro atoms. The highest BCUT2D eigenvalue weighted by Gasteiger charge is 2.21. The van der Waals surface area contributed by atoms with Gasteiger partial charge in [0.1, 0.15) is 0 Å². The van der Waals surface area contributed by atoms with E-state index in [0.717, 1.165) is 29.1 Å². The van der Waals surface area contributed by atoms with E-state index in [2.05, 4.69) is 15.6 Å². The van der Waals surface area contributed by atoms with Gasteiger partial charge in [0, 0.05) is 34.6 Å². The number of nitrogens with zero attached hydrogens (tertiary/aromatic N) is 2. The van der Waals surface area contributed by atoms with Crippen molar-refractivity contribution < 1.29 is 24.0 Å². The monoisotopic (exact) mass is 486 g/mol. The molecule has 0 radical (unpaired) electrons. The minimum atomic E-state index is -0.936. The average Bonchev–Trinajstić information content (AvgIpc) is 3.21. The Morgan fingerprint density at radius 3 is 2.61 bits per heavy atom. The molecule has 0 saturated carbocycles. The van der Waals surface area contributed by atoms with Gasteiger partial charge in [0.25, 0.3) is 11.6 Å². The van der Waals surface area contributed by atoms with Gasteiger partial charge in [-0.25, -0.2) is 14.6 Å². The summed E-state index contributed by atoms with van der Waals surface area (Å²) in [6.45, 7) is 1.30. The van der Waals surface area contributed by atoms with Gasteiger partial charge in [0.2, 0.25) is 0 Å². The van der Waals surface area contributed by atoms with Crippen LogP contribution in [0.4, 0.5) is 10.5 Å². The molecule has 33 heavy (non-hydrogen) atoms. The van der Waals surface area contributed by atoms with E-state index in [0.29, 0.717) is 9.24 Å². The summed E-state index contributed by atoms with van der Waals surface area (Å²) in [7, 11) is 0. The van der Waals surface area contributed by atoms with Crippen LogP contribution in [0.5, 0.6) is 0 Å². The predicted molar refractivity (Wildman–Crippen MR) is 121 cm³/mol. The van der Waals surface area contributed by atoms with E-state index in [1.165, 1.54) is 23.5 Å². The van der Waals surface area contributed by atoms with Crippen molar-refractivity contribution in [1.82, 2.24) is 15.6 Å². The normalized spacial score (nSPS) is 10.3. The number of nitrogens with one attached hydrogen (secondary N) is 2. The maximum atomic E-state index is 12.6. The molecule has 2 aromatic carbocycles. The molecule has 0 bridgehead atoms. The largest absolute Gasteiger partial charge is 0.452 e. The van der Waals surface area contributed by atoms with Gasteiger partial charge in [-0.15, -0.1) is 11.3 Å². The maximum absolute atomic E-state index is 12.6. The Labute approximate surface area is 196 Å². The van der Waals surface area contributed by atoms with E-state index in [1.54, 1.807) is 0 Å². The molecule has 12 heteroatoms. The van der Waals surface area contributed by atoms with Gasteiger partial charge in [-0.3, -0.25) is 20.2 Å². The first kappa shape index (κ1) is 23.9. The van der Waals surface area contributed by atoms with Crippen LogP contribution >= 0.6 is 23.1 Å². The van der Waals surface area contributed by atoms with E-state index in [1.807, 2.05) is 42.6 Å². The highest BCUT2D eigenvalue weighted by molar-refractivity contribution is 8.01. The summed E-state index contributed by atoms with van der Waals surface area (Å²) >= 11 is 2.51. The van der Waals surface area contributed by atoms with Gasteiger partial charge < -0.3 is 10.1 Å². The van der Waals surface area contributed by atoms with Crippen molar-refractivity contribution in [2.24, 2.45) is 0 Å². The molecule has 0 aliphatic rings. The molecule has 0 unspecified atom stereocenters. The second kappa shape index (κ2) is 11.2. The van der Waals surface area contributed by atoms with Crippen molar-refractivity contribution in [3.63, 3.8) is 0 Å². The average molecular weight is 487 g/mol. The fourth-order valence-corrected chi connectivity index (χ4v) is 4.44. The summed E-state index contributed by atoms with van der Waals surface area (Å²) in [5, 5.41) is 17.5. The third-order valence-corrected chi connectivity index (χ3v) is 6.20. The van der Waals surface area contributed by atoms with Gasteiger partial charge >= 0.3 is 12.0 Å². The standard InChI is InChI=1S/C21H18N4O6S2/c1-13-12-32-21(23-13)33-17-8-7-15(25(29)30)9-16(17)19(27)31-11-18(26)24-20(28)22-10-14-5-3-2-4-6-14/h2-9,12H,10-11H2,1H3,(H2,22,24,26,28). The number of aryl methyl sites for hydroxylation is 1. The molecular weight excluding hydrogens is 468 g/mol. The number of esters is 1. The number of carbonyl (C=O) groups excluding carboxylic acids is 3. The minimum absolute atomic E-state index is 0.0802. The number of urea groups is 1. The summed E-state index contributed by atoms with van der Waals surface area (Å²) in [6.07, 6.45) is 0. The van der Waals surface area contributed by atoms with Crippen LogP contribution in [0, 0.1) is 17.0 Å². The highest BCUT2D eigenvalue weighted by atomic mass is 32.2. The Balaban J connectivity index is 1.59. The van der Waals surface area contributed by atoms with Crippen LogP contribution in [0.1, 0.15) is 21.6 Å². The summed E-state index contributed by atoms with van der Waals surface area (Å²) in [6, 6.07) is 12.1. The Hall–Kier alpha value is -3.77. The number of thiazole rings is 1. The summed E-state index contributed by atoms with van der Waals surface area (Å²) < 4.78 is 5.63. The smallest absolute Gasteiger partial charge is 0.340 e. The third-order valence-electron chi connectivity index (χ3n) is 4.07. The molecule has 1 aromatic heterocycles. The number of benzene rings is 2. The molecule has 1 heterocycles. The van der Waals surface area contributed by atoms with E-state index in [9.17, 15) is 24.5 Å². The number of rotatable bonds is 8.